The van der Waals surface area contributed by atoms with Crippen LogP contribution < -0.4 is 14.4 Å². The molecule has 0 bridgehead atoms. The summed E-state index contributed by atoms with van der Waals surface area (Å²) in [6.45, 7) is 5.10. The molecule has 4 rings (SSSR count). The predicted molar refractivity (Wildman–Crippen MR) is 137 cm³/mol. The number of hydrogen-bond acceptors (Lipinski definition) is 5. The second kappa shape index (κ2) is 10.9. The zero-order valence-corrected chi connectivity index (χ0v) is 20.1. The highest BCUT2D eigenvalue weighted by atomic mass is 35.5. The topological polar surface area (TPSA) is 48.8 Å². The lowest BCUT2D eigenvalue weighted by molar-refractivity contribution is 0.197. The average molecular weight is 484 g/mol. The largest absolute Gasteiger partial charge is 0.493 e. The molecule has 1 aliphatic rings. The van der Waals surface area contributed by atoms with Crippen LogP contribution in [0.4, 0.5) is 5.69 Å². The minimum absolute atomic E-state index is 0.549. The molecule has 1 fully saturated rings. The van der Waals surface area contributed by atoms with E-state index < -0.39 is 0 Å². The molecule has 0 spiro atoms. The normalized spacial score (nSPS) is 14.2. The number of anilines is 1. The predicted octanol–water partition coefficient (Wildman–Crippen LogP) is 5.87. The monoisotopic (exact) mass is 483 g/mol. The molecule has 0 atom stereocenters. The van der Waals surface area contributed by atoms with Gasteiger partial charge < -0.3 is 19.8 Å². The first-order valence-electron chi connectivity index (χ1n) is 10.9. The van der Waals surface area contributed by atoms with Crippen LogP contribution >= 0.6 is 23.2 Å². The van der Waals surface area contributed by atoms with Gasteiger partial charge in [0.05, 0.1) is 17.2 Å². The maximum atomic E-state index is 7.67. The molecule has 7 heteroatoms. The van der Waals surface area contributed by atoms with Crippen LogP contribution in [0.15, 0.2) is 60.7 Å². The first kappa shape index (κ1) is 23.4. The molecule has 1 heterocycles. The second-order valence-electron chi connectivity index (χ2n) is 7.89. The third-order valence-electron chi connectivity index (χ3n) is 5.84. The smallest absolute Gasteiger partial charge is 0.169 e. The van der Waals surface area contributed by atoms with Crippen LogP contribution in [-0.2, 0) is 0 Å². The summed E-state index contributed by atoms with van der Waals surface area (Å²) >= 11 is 12.2. The molecule has 0 unspecified atom stereocenters. The standard InChI is InChI=1S/C26H27Cl2N3O2/c1-32-25-16-19(18-29)15-22(20-5-3-2-4-6-20)26(25)33-14-13-30-9-11-31(12-10-30)21-7-8-23(27)24(28)17-21/h2-8,15-18,29H,9-14H2,1H3. The number of nitrogens with zero attached hydrogens (tertiary/aromatic N) is 2. The van der Waals surface area contributed by atoms with E-state index in [-0.39, 0.29) is 0 Å². The average Bonchev–Trinajstić information content (AvgIpc) is 2.86. The van der Waals surface area contributed by atoms with E-state index >= 15 is 0 Å². The zero-order valence-electron chi connectivity index (χ0n) is 18.6. The maximum absolute atomic E-state index is 7.67. The number of methoxy groups -OCH3 is 1. The van der Waals surface area contributed by atoms with Gasteiger partial charge in [0, 0.05) is 50.2 Å². The Morgan fingerprint density at radius 1 is 0.939 bits per heavy atom. The van der Waals surface area contributed by atoms with Crippen LogP contribution in [0.2, 0.25) is 10.0 Å². The van der Waals surface area contributed by atoms with Crippen molar-refractivity contribution in [2.75, 3.05) is 51.3 Å². The van der Waals surface area contributed by atoms with Crippen molar-refractivity contribution in [3.8, 4) is 22.6 Å². The molecular formula is C26H27Cl2N3O2. The Bertz CT molecular complexity index is 1100. The van der Waals surface area contributed by atoms with Gasteiger partial charge in [0.1, 0.15) is 6.61 Å². The molecule has 0 aliphatic carbocycles. The number of hydrogen-bond donors (Lipinski definition) is 1. The summed E-state index contributed by atoms with van der Waals surface area (Å²) in [5, 5.41) is 8.84. The van der Waals surface area contributed by atoms with Crippen LogP contribution in [0.3, 0.4) is 0 Å². The van der Waals surface area contributed by atoms with E-state index in [4.69, 9.17) is 38.1 Å². The lowest BCUT2D eigenvalue weighted by Crippen LogP contribution is -2.47. The summed E-state index contributed by atoms with van der Waals surface area (Å²) in [5.74, 6) is 1.35. The quantitative estimate of drug-likeness (QED) is 0.407. The fraction of sp³-hybridized carbons (Fsp3) is 0.269. The molecular weight excluding hydrogens is 457 g/mol. The van der Waals surface area contributed by atoms with Crippen molar-refractivity contribution in [1.82, 2.24) is 4.90 Å². The first-order chi connectivity index (χ1) is 16.1. The Hall–Kier alpha value is -2.73. The van der Waals surface area contributed by atoms with Gasteiger partial charge in [-0.25, -0.2) is 0 Å². The van der Waals surface area contributed by atoms with E-state index in [1.165, 1.54) is 6.21 Å². The summed E-state index contributed by atoms with van der Waals surface area (Å²) in [5.41, 5.74) is 3.84. The molecule has 1 aliphatic heterocycles. The lowest BCUT2D eigenvalue weighted by atomic mass is 10.0. The van der Waals surface area contributed by atoms with Crippen LogP contribution in [0.1, 0.15) is 5.56 Å². The summed E-state index contributed by atoms with van der Waals surface area (Å²) in [4.78, 5) is 4.72. The molecule has 3 aromatic carbocycles. The van der Waals surface area contributed by atoms with Crippen molar-refractivity contribution >= 4 is 35.1 Å². The Morgan fingerprint density at radius 3 is 2.36 bits per heavy atom. The van der Waals surface area contributed by atoms with Crippen LogP contribution in [0, 0.1) is 5.41 Å². The second-order valence-corrected chi connectivity index (χ2v) is 8.70. The molecule has 3 aromatic rings. The van der Waals surface area contributed by atoms with Crippen LogP contribution in [0.5, 0.6) is 11.5 Å². The van der Waals surface area contributed by atoms with Gasteiger partial charge in [-0.05, 0) is 41.5 Å². The van der Waals surface area contributed by atoms with Gasteiger partial charge in [0.15, 0.2) is 11.5 Å². The molecule has 0 radical (unpaired) electrons. The third-order valence-corrected chi connectivity index (χ3v) is 6.58. The third kappa shape index (κ3) is 5.61. The molecule has 0 saturated carbocycles. The van der Waals surface area contributed by atoms with Gasteiger partial charge >= 0.3 is 0 Å². The van der Waals surface area contributed by atoms with E-state index in [2.05, 4.69) is 9.80 Å². The summed E-state index contributed by atoms with van der Waals surface area (Å²) in [7, 11) is 1.63. The summed E-state index contributed by atoms with van der Waals surface area (Å²) in [6, 6.07) is 19.7. The van der Waals surface area contributed by atoms with E-state index in [1.807, 2.05) is 60.7 Å². The Kier molecular flexibility index (Phi) is 7.76. The van der Waals surface area contributed by atoms with Gasteiger partial charge in [0.2, 0.25) is 0 Å². The highest BCUT2D eigenvalue weighted by Crippen LogP contribution is 2.39. The van der Waals surface area contributed by atoms with E-state index in [1.54, 1.807) is 7.11 Å². The molecule has 0 amide bonds. The Morgan fingerprint density at radius 2 is 1.70 bits per heavy atom. The number of benzene rings is 3. The molecule has 1 saturated heterocycles. The fourth-order valence-electron chi connectivity index (χ4n) is 4.03. The summed E-state index contributed by atoms with van der Waals surface area (Å²) in [6.07, 6.45) is 1.33. The Labute approximate surface area is 204 Å². The van der Waals surface area contributed by atoms with Gasteiger partial charge in [-0.2, -0.15) is 0 Å². The van der Waals surface area contributed by atoms with Crippen molar-refractivity contribution in [2.45, 2.75) is 0 Å². The lowest BCUT2D eigenvalue weighted by Gasteiger charge is -2.36. The van der Waals surface area contributed by atoms with Crippen molar-refractivity contribution in [2.24, 2.45) is 0 Å². The molecule has 33 heavy (non-hydrogen) atoms. The first-order valence-corrected chi connectivity index (χ1v) is 11.7. The van der Waals surface area contributed by atoms with E-state index in [0.717, 1.165) is 55.1 Å². The minimum Gasteiger partial charge on any atom is -0.493 e. The van der Waals surface area contributed by atoms with Crippen molar-refractivity contribution < 1.29 is 9.47 Å². The number of piperazine rings is 1. The molecule has 5 nitrogen and oxygen atoms in total. The van der Waals surface area contributed by atoms with E-state index in [9.17, 15) is 0 Å². The SMILES string of the molecule is COc1cc(C=N)cc(-c2ccccc2)c1OCCN1CCN(c2ccc(Cl)c(Cl)c2)CC1. The van der Waals surface area contributed by atoms with Crippen LogP contribution in [-0.4, -0.2) is 57.6 Å². The minimum atomic E-state index is 0.549. The zero-order chi connectivity index (χ0) is 23.2. The van der Waals surface area contributed by atoms with Gasteiger partial charge in [-0.15, -0.1) is 0 Å². The van der Waals surface area contributed by atoms with Crippen molar-refractivity contribution in [3.63, 3.8) is 0 Å². The highest BCUT2D eigenvalue weighted by Gasteiger charge is 2.19. The molecule has 172 valence electrons. The molecule has 0 aromatic heterocycles. The van der Waals surface area contributed by atoms with Crippen LogP contribution in [0.25, 0.3) is 11.1 Å². The van der Waals surface area contributed by atoms with Crippen molar-refractivity contribution in [3.05, 3.63) is 76.3 Å². The maximum Gasteiger partial charge on any atom is 0.169 e. The highest BCUT2D eigenvalue weighted by molar-refractivity contribution is 6.42. The van der Waals surface area contributed by atoms with E-state index in [0.29, 0.717) is 28.2 Å². The number of ether oxygens (including phenoxy) is 2. The summed E-state index contributed by atoms with van der Waals surface area (Å²) < 4.78 is 11.9. The van der Waals surface area contributed by atoms with Gasteiger partial charge in [0.25, 0.3) is 0 Å². The molecule has 1 N–H and O–H groups in total. The fourth-order valence-corrected chi connectivity index (χ4v) is 4.32. The number of rotatable bonds is 8. The number of halogens is 2. The van der Waals surface area contributed by atoms with Gasteiger partial charge in [-0.3, -0.25) is 4.90 Å². The van der Waals surface area contributed by atoms with Crippen molar-refractivity contribution in [1.29, 1.82) is 5.41 Å². The Balaban J connectivity index is 1.40. The number of nitrogens with one attached hydrogen (secondary N) is 1. The van der Waals surface area contributed by atoms with Gasteiger partial charge in [-0.1, -0.05) is 53.5 Å².